The van der Waals surface area contributed by atoms with Gasteiger partial charge in [0.2, 0.25) is 0 Å². The Morgan fingerprint density at radius 2 is 1.83 bits per heavy atom. The van der Waals surface area contributed by atoms with E-state index < -0.39 is 0 Å². The van der Waals surface area contributed by atoms with Crippen LogP contribution in [0.4, 0.5) is 5.69 Å². The van der Waals surface area contributed by atoms with Gasteiger partial charge in [0, 0.05) is 10.2 Å². The molecule has 0 aliphatic carbocycles. The number of halogens is 1. The molecule has 120 valence electrons. The number of benzene rings is 3. The van der Waals surface area contributed by atoms with Gasteiger partial charge in [0.25, 0.3) is 5.91 Å². The molecule has 0 aromatic heterocycles. The van der Waals surface area contributed by atoms with Crippen LogP contribution in [-0.4, -0.2) is 18.7 Å². The van der Waals surface area contributed by atoms with Crippen LogP contribution in [0.1, 0.15) is 5.56 Å². The lowest BCUT2D eigenvalue weighted by atomic mass is 10.1. The first-order chi connectivity index (χ1) is 11.7. The molecule has 0 atom stereocenters. The number of carbonyl (C=O) groups is 1. The van der Waals surface area contributed by atoms with Crippen molar-refractivity contribution in [3.63, 3.8) is 0 Å². The molecule has 24 heavy (non-hydrogen) atoms. The summed E-state index contributed by atoms with van der Waals surface area (Å²) in [6.45, 7) is 0.161. The molecule has 1 amide bonds. The predicted molar refractivity (Wildman–Crippen MR) is 102 cm³/mol. The zero-order valence-electron chi connectivity index (χ0n) is 12.9. The Balaban J connectivity index is 1.53. The summed E-state index contributed by atoms with van der Waals surface area (Å²) in [5, 5.41) is 9.37. The fraction of sp³-hybridized carbons (Fsp3) is 0.0526. The Morgan fingerprint density at radius 3 is 2.67 bits per heavy atom. The van der Waals surface area contributed by atoms with E-state index in [0.29, 0.717) is 0 Å². The van der Waals surface area contributed by atoms with E-state index in [0.717, 1.165) is 21.1 Å². The number of hydrogen-bond acceptors (Lipinski definition) is 3. The number of nitrogens with zero attached hydrogens (tertiary/aromatic N) is 1. The molecular formula is C19H16BrN3O. The molecule has 3 rings (SSSR count). The highest BCUT2D eigenvalue weighted by Crippen LogP contribution is 2.18. The first-order valence-corrected chi connectivity index (χ1v) is 8.30. The van der Waals surface area contributed by atoms with Crippen molar-refractivity contribution in [3.05, 3.63) is 76.8 Å². The molecule has 5 heteroatoms. The van der Waals surface area contributed by atoms with Crippen LogP contribution in [-0.2, 0) is 4.79 Å². The van der Waals surface area contributed by atoms with Gasteiger partial charge in [-0.3, -0.25) is 4.79 Å². The topological polar surface area (TPSA) is 53.5 Å². The summed E-state index contributed by atoms with van der Waals surface area (Å²) >= 11 is 3.39. The van der Waals surface area contributed by atoms with Crippen molar-refractivity contribution < 1.29 is 4.79 Å². The molecule has 0 saturated carbocycles. The smallest absolute Gasteiger partial charge is 0.259 e. The number of hydrogen-bond donors (Lipinski definition) is 2. The van der Waals surface area contributed by atoms with Gasteiger partial charge >= 0.3 is 0 Å². The van der Waals surface area contributed by atoms with Gasteiger partial charge < -0.3 is 5.32 Å². The first-order valence-electron chi connectivity index (χ1n) is 7.51. The Kier molecular flexibility index (Phi) is 5.23. The quantitative estimate of drug-likeness (QED) is 0.514. The number of fused-ring (bicyclic) bond motifs is 1. The van der Waals surface area contributed by atoms with E-state index >= 15 is 0 Å². The molecule has 4 nitrogen and oxygen atoms in total. The molecule has 3 aromatic carbocycles. The molecule has 0 bridgehead atoms. The number of hydrazone groups is 1. The van der Waals surface area contributed by atoms with E-state index in [-0.39, 0.29) is 12.5 Å². The molecule has 0 spiro atoms. The molecular weight excluding hydrogens is 366 g/mol. The van der Waals surface area contributed by atoms with Gasteiger partial charge in [-0.1, -0.05) is 58.4 Å². The average molecular weight is 382 g/mol. The van der Waals surface area contributed by atoms with Crippen molar-refractivity contribution in [1.82, 2.24) is 5.43 Å². The maximum atomic E-state index is 11.8. The molecule has 2 N–H and O–H groups in total. The molecule has 0 aliphatic heterocycles. The summed E-state index contributed by atoms with van der Waals surface area (Å²) in [5.41, 5.74) is 4.32. The minimum absolute atomic E-state index is 0.161. The Hall–Kier alpha value is -2.66. The second-order valence-electron chi connectivity index (χ2n) is 5.26. The van der Waals surface area contributed by atoms with E-state index in [1.165, 1.54) is 5.39 Å². The third-order valence-corrected chi connectivity index (χ3v) is 3.95. The standard InChI is InChI=1S/C19H16BrN3O/c20-17-7-3-4-14(10-17)12-22-23-19(24)13-21-18-9-8-15-5-1-2-6-16(15)11-18/h1-12,21H,13H2,(H,23,24). The Morgan fingerprint density at radius 1 is 1.00 bits per heavy atom. The number of amides is 1. The number of nitrogens with one attached hydrogen (secondary N) is 2. The van der Waals surface area contributed by atoms with Crippen LogP contribution >= 0.6 is 15.9 Å². The van der Waals surface area contributed by atoms with E-state index in [4.69, 9.17) is 0 Å². The highest BCUT2D eigenvalue weighted by molar-refractivity contribution is 9.10. The van der Waals surface area contributed by atoms with Crippen molar-refractivity contribution in [2.75, 3.05) is 11.9 Å². The Bertz CT molecular complexity index is 892. The van der Waals surface area contributed by atoms with Gasteiger partial charge in [-0.15, -0.1) is 0 Å². The SMILES string of the molecule is O=C(CNc1ccc2ccccc2c1)NN=Cc1cccc(Br)c1. The number of rotatable bonds is 5. The van der Waals surface area contributed by atoms with Gasteiger partial charge in [0.15, 0.2) is 0 Å². The van der Waals surface area contributed by atoms with E-state index in [1.54, 1.807) is 6.21 Å². The molecule has 0 radical (unpaired) electrons. The summed E-state index contributed by atoms with van der Waals surface area (Å²) in [4.78, 5) is 11.8. The van der Waals surface area contributed by atoms with Gasteiger partial charge in [0.1, 0.15) is 0 Å². The summed E-state index contributed by atoms with van der Waals surface area (Å²) in [5.74, 6) is -0.200. The van der Waals surface area contributed by atoms with E-state index in [1.807, 2.05) is 60.7 Å². The zero-order chi connectivity index (χ0) is 16.8. The van der Waals surface area contributed by atoms with E-state index in [2.05, 4.69) is 37.8 Å². The van der Waals surface area contributed by atoms with Gasteiger partial charge in [-0.05, 0) is 40.6 Å². The van der Waals surface area contributed by atoms with Crippen LogP contribution in [0.25, 0.3) is 10.8 Å². The number of carbonyl (C=O) groups excluding carboxylic acids is 1. The fourth-order valence-electron chi connectivity index (χ4n) is 2.29. The van der Waals surface area contributed by atoms with Crippen LogP contribution < -0.4 is 10.7 Å². The van der Waals surface area contributed by atoms with Crippen LogP contribution in [0.2, 0.25) is 0 Å². The molecule has 0 saturated heterocycles. The summed E-state index contributed by atoms with van der Waals surface area (Å²) in [7, 11) is 0. The number of anilines is 1. The van der Waals surface area contributed by atoms with Crippen molar-refractivity contribution in [3.8, 4) is 0 Å². The molecule has 3 aromatic rings. The lowest BCUT2D eigenvalue weighted by molar-refractivity contribution is -0.119. The van der Waals surface area contributed by atoms with Gasteiger partial charge in [0.05, 0.1) is 12.8 Å². The van der Waals surface area contributed by atoms with Crippen molar-refractivity contribution in [2.45, 2.75) is 0 Å². The third-order valence-electron chi connectivity index (χ3n) is 3.45. The van der Waals surface area contributed by atoms with Crippen LogP contribution in [0, 0.1) is 0 Å². The third kappa shape index (κ3) is 4.43. The van der Waals surface area contributed by atoms with Crippen LogP contribution in [0.5, 0.6) is 0 Å². The summed E-state index contributed by atoms with van der Waals surface area (Å²) in [6, 6.07) is 21.8. The normalized spacial score (nSPS) is 10.9. The lowest BCUT2D eigenvalue weighted by Crippen LogP contribution is -2.25. The second-order valence-corrected chi connectivity index (χ2v) is 6.18. The maximum absolute atomic E-state index is 11.8. The maximum Gasteiger partial charge on any atom is 0.259 e. The molecule has 0 fully saturated rings. The highest BCUT2D eigenvalue weighted by Gasteiger charge is 2.00. The lowest BCUT2D eigenvalue weighted by Gasteiger charge is -2.06. The molecule has 0 aliphatic rings. The predicted octanol–water partition coefficient (Wildman–Crippen LogP) is 4.16. The Labute approximate surface area is 148 Å². The van der Waals surface area contributed by atoms with Crippen molar-refractivity contribution in [2.24, 2.45) is 5.10 Å². The van der Waals surface area contributed by atoms with Crippen LogP contribution in [0.15, 0.2) is 76.3 Å². The largest absolute Gasteiger partial charge is 0.376 e. The highest BCUT2D eigenvalue weighted by atomic mass is 79.9. The molecule has 0 heterocycles. The summed E-state index contributed by atoms with van der Waals surface area (Å²) in [6.07, 6.45) is 1.61. The average Bonchev–Trinajstić information content (AvgIpc) is 2.60. The van der Waals surface area contributed by atoms with Crippen molar-refractivity contribution in [1.29, 1.82) is 0 Å². The minimum atomic E-state index is -0.200. The summed E-state index contributed by atoms with van der Waals surface area (Å²) < 4.78 is 0.968. The first kappa shape index (κ1) is 16.2. The van der Waals surface area contributed by atoms with Crippen LogP contribution in [0.3, 0.4) is 0 Å². The molecule has 0 unspecified atom stereocenters. The fourth-order valence-corrected chi connectivity index (χ4v) is 2.70. The zero-order valence-corrected chi connectivity index (χ0v) is 14.5. The second kappa shape index (κ2) is 7.75. The minimum Gasteiger partial charge on any atom is -0.376 e. The van der Waals surface area contributed by atoms with E-state index in [9.17, 15) is 4.79 Å². The van der Waals surface area contributed by atoms with Gasteiger partial charge in [-0.2, -0.15) is 5.10 Å². The van der Waals surface area contributed by atoms with Crippen molar-refractivity contribution >= 4 is 44.5 Å². The van der Waals surface area contributed by atoms with Gasteiger partial charge in [-0.25, -0.2) is 5.43 Å². The monoisotopic (exact) mass is 381 g/mol.